The molecule has 0 fully saturated rings. The molecule has 0 atom stereocenters. The van der Waals surface area contributed by atoms with Gasteiger partial charge in [-0.05, 0) is 11.6 Å². The maximum absolute atomic E-state index is 4.30. The van der Waals surface area contributed by atoms with Crippen molar-refractivity contribution < 1.29 is 0 Å². The van der Waals surface area contributed by atoms with Crippen molar-refractivity contribution in [1.82, 2.24) is 15.4 Å². The van der Waals surface area contributed by atoms with Crippen LogP contribution in [0.25, 0.3) is 22.5 Å². The van der Waals surface area contributed by atoms with Gasteiger partial charge in [0.25, 0.3) is 0 Å². The molecule has 0 spiro atoms. The molecule has 4 rings (SSSR count). The molecule has 2 heterocycles. The van der Waals surface area contributed by atoms with E-state index in [-0.39, 0.29) is 0 Å². The highest BCUT2D eigenvalue weighted by atomic mass is 15.3. The molecule has 3 aromatic rings. The number of anilines is 1. The third-order valence-electron chi connectivity index (χ3n) is 3.81. The predicted molar refractivity (Wildman–Crippen MR) is 79.4 cm³/mol. The number of rotatable bonds is 0. The van der Waals surface area contributed by atoms with Gasteiger partial charge in [-0.25, -0.2) is 0 Å². The van der Waals surface area contributed by atoms with Crippen molar-refractivity contribution in [1.29, 1.82) is 0 Å². The molecule has 0 saturated carbocycles. The summed E-state index contributed by atoms with van der Waals surface area (Å²) in [5.74, 6) is 0. The Labute approximate surface area is 117 Å². The highest BCUT2D eigenvalue weighted by molar-refractivity contribution is 5.87. The molecule has 20 heavy (non-hydrogen) atoms. The molecular formula is C16H14N4. The quantitative estimate of drug-likeness (QED) is 0.677. The topological polar surface area (TPSA) is 44.8 Å². The fraction of sp³-hybridized carbons (Fsp3) is 0.125. The number of hydrogen-bond acceptors (Lipinski definition) is 3. The van der Waals surface area contributed by atoms with Crippen molar-refractivity contribution in [2.24, 2.45) is 0 Å². The SMILES string of the molecule is CN1Cc2ccccc2-c2nn[nH]c2-c2ccccc21. The van der Waals surface area contributed by atoms with E-state index >= 15 is 0 Å². The molecule has 0 saturated heterocycles. The molecule has 1 aliphatic rings. The van der Waals surface area contributed by atoms with Crippen LogP contribution in [0, 0.1) is 0 Å². The summed E-state index contributed by atoms with van der Waals surface area (Å²) in [6.45, 7) is 0.861. The van der Waals surface area contributed by atoms with Crippen molar-refractivity contribution in [2.45, 2.75) is 6.54 Å². The first-order chi connectivity index (χ1) is 9.84. The summed E-state index contributed by atoms with van der Waals surface area (Å²) in [6, 6.07) is 16.7. The lowest BCUT2D eigenvalue weighted by Crippen LogP contribution is -2.19. The zero-order valence-electron chi connectivity index (χ0n) is 11.2. The summed E-state index contributed by atoms with van der Waals surface area (Å²) < 4.78 is 0. The number of para-hydroxylation sites is 1. The van der Waals surface area contributed by atoms with E-state index < -0.39 is 0 Å². The minimum atomic E-state index is 0.861. The molecular weight excluding hydrogens is 248 g/mol. The van der Waals surface area contributed by atoms with Crippen LogP contribution >= 0.6 is 0 Å². The van der Waals surface area contributed by atoms with Gasteiger partial charge in [-0.2, -0.15) is 0 Å². The van der Waals surface area contributed by atoms with Gasteiger partial charge in [-0.1, -0.05) is 47.7 Å². The summed E-state index contributed by atoms with van der Waals surface area (Å²) in [6.07, 6.45) is 0. The van der Waals surface area contributed by atoms with Gasteiger partial charge in [0.2, 0.25) is 0 Å². The van der Waals surface area contributed by atoms with Crippen LogP contribution in [0.2, 0.25) is 0 Å². The number of nitrogens with zero attached hydrogens (tertiary/aromatic N) is 3. The largest absolute Gasteiger partial charge is 0.370 e. The third kappa shape index (κ3) is 1.54. The molecule has 98 valence electrons. The number of aromatic nitrogens is 3. The van der Waals surface area contributed by atoms with Crippen molar-refractivity contribution in [3.63, 3.8) is 0 Å². The van der Waals surface area contributed by atoms with Crippen LogP contribution in [0.1, 0.15) is 5.56 Å². The molecule has 4 heteroatoms. The van der Waals surface area contributed by atoms with E-state index in [4.69, 9.17) is 0 Å². The zero-order chi connectivity index (χ0) is 13.5. The normalized spacial score (nSPS) is 12.9. The number of fused-ring (bicyclic) bond motifs is 5. The molecule has 0 aliphatic carbocycles. The van der Waals surface area contributed by atoms with Crippen molar-refractivity contribution in [2.75, 3.05) is 11.9 Å². The minimum Gasteiger partial charge on any atom is -0.370 e. The first-order valence-corrected chi connectivity index (χ1v) is 6.64. The second-order valence-electron chi connectivity index (χ2n) is 5.07. The van der Waals surface area contributed by atoms with Crippen LogP contribution in [0.15, 0.2) is 48.5 Å². The minimum absolute atomic E-state index is 0.861. The van der Waals surface area contributed by atoms with Gasteiger partial charge < -0.3 is 4.90 Å². The van der Waals surface area contributed by atoms with Crippen LogP contribution in [-0.2, 0) is 6.54 Å². The Morgan fingerprint density at radius 2 is 1.75 bits per heavy atom. The van der Waals surface area contributed by atoms with Gasteiger partial charge in [0.05, 0.1) is 5.69 Å². The smallest absolute Gasteiger partial charge is 0.121 e. The van der Waals surface area contributed by atoms with Gasteiger partial charge in [-0.15, -0.1) is 5.10 Å². The summed E-state index contributed by atoms with van der Waals surface area (Å²) in [5, 5.41) is 11.4. The molecule has 0 amide bonds. The Morgan fingerprint density at radius 1 is 1.00 bits per heavy atom. The zero-order valence-corrected chi connectivity index (χ0v) is 11.2. The van der Waals surface area contributed by atoms with Gasteiger partial charge in [0.15, 0.2) is 0 Å². The second kappa shape index (κ2) is 4.20. The first-order valence-electron chi connectivity index (χ1n) is 6.64. The van der Waals surface area contributed by atoms with Crippen LogP contribution < -0.4 is 4.90 Å². The number of aromatic amines is 1. The highest BCUT2D eigenvalue weighted by Crippen LogP contribution is 2.38. The van der Waals surface area contributed by atoms with Crippen molar-refractivity contribution in [3.05, 3.63) is 54.1 Å². The van der Waals surface area contributed by atoms with Crippen molar-refractivity contribution >= 4 is 5.69 Å². The second-order valence-corrected chi connectivity index (χ2v) is 5.07. The molecule has 2 aromatic carbocycles. The molecule has 4 nitrogen and oxygen atoms in total. The lowest BCUT2D eigenvalue weighted by atomic mass is 9.96. The number of benzene rings is 2. The Bertz CT molecular complexity index is 775. The fourth-order valence-electron chi connectivity index (χ4n) is 2.85. The summed E-state index contributed by atoms with van der Waals surface area (Å²) in [7, 11) is 2.12. The number of hydrogen-bond donors (Lipinski definition) is 1. The fourth-order valence-corrected chi connectivity index (χ4v) is 2.85. The average molecular weight is 262 g/mol. The average Bonchev–Trinajstić information content (AvgIpc) is 2.95. The predicted octanol–water partition coefficient (Wildman–Crippen LogP) is 3.09. The van der Waals surface area contributed by atoms with Crippen LogP contribution in [-0.4, -0.2) is 22.5 Å². The molecule has 0 bridgehead atoms. The van der Waals surface area contributed by atoms with E-state index in [1.54, 1.807) is 0 Å². The van der Waals surface area contributed by atoms with E-state index in [9.17, 15) is 0 Å². The van der Waals surface area contributed by atoms with Crippen LogP contribution in [0.3, 0.4) is 0 Å². The summed E-state index contributed by atoms with van der Waals surface area (Å²) >= 11 is 0. The Kier molecular flexibility index (Phi) is 2.36. The van der Waals surface area contributed by atoms with Crippen LogP contribution in [0.4, 0.5) is 5.69 Å². The monoisotopic (exact) mass is 262 g/mol. The summed E-state index contributed by atoms with van der Waals surface area (Å²) in [5.41, 5.74) is 6.66. The first kappa shape index (κ1) is 11.2. The molecule has 0 unspecified atom stereocenters. The van der Waals surface area contributed by atoms with E-state index in [1.165, 1.54) is 11.3 Å². The van der Waals surface area contributed by atoms with E-state index in [1.807, 2.05) is 12.1 Å². The number of H-pyrrole nitrogens is 1. The molecule has 1 aliphatic heterocycles. The molecule has 1 aromatic heterocycles. The maximum Gasteiger partial charge on any atom is 0.121 e. The van der Waals surface area contributed by atoms with E-state index in [2.05, 4.69) is 63.8 Å². The molecule has 1 N–H and O–H groups in total. The van der Waals surface area contributed by atoms with Gasteiger partial charge in [0.1, 0.15) is 5.69 Å². The lowest BCUT2D eigenvalue weighted by molar-refractivity contribution is 0.922. The third-order valence-corrected chi connectivity index (χ3v) is 3.81. The maximum atomic E-state index is 4.30. The Hall–Kier alpha value is -2.62. The highest BCUT2D eigenvalue weighted by Gasteiger charge is 2.21. The van der Waals surface area contributed by atoms with Gasteiger partial charge in [0, 0.05) is 30.4 Å². The molecule has 0 radical (unpaired) electrons. The van der Waals surface area contributed by atoms with Gasteiger partial charge in [-0.3, -0.25) is 5.10 Å². The van der Waals surface area contributed by atoms with Crippen molar-refractivity contribution in [3.8, 4) is 22.5 Å². The standard InChI is InChI=1S/C16H14N4/c1-20-10-11-6-2-3-7-12(11)15-16(18-19-17-15)13-8-4-5-9-14(13)20/h2-9H,10H2,1H3,(H,17,18,19). The lowest BCUT2D eigenvalue weighted by Gasteiger charge is -2.25. The van der Waals surface area contributed by atoms with Gasteiger partial charge >= 0.3 is 0 Å². The Balaban J connectivity index is 2.07. The Morgan fingerprint density at radius 3 is 2.65 bits per heavy atom. The van der Waals surface area contributed by atoms with E-state index in [0.29, 0.717) is 0 Å². The van der Waals surface area contributed by atoms with E-state index in [0.717, 1.165) is 29.1 Å². The summed E-state index contributed by atoms with van der Waals surface area (Å²) in [4.78, 5) is 2.26. The van der Waals surface area contributed by atoms with Crippen LogP contribution in [0.5, 0.6) is 0 Å². The number of nitrogens with one attached hydrogen (secondary N) is 1.